The van der Waals surface area contributed by atoms with Crippen molar-refractivity contribution < 1.29 is 13.3 Å². The first-order valence-electron chi connectivity index (χ1n) is 3.20. The average molecular weight is 195 g/mol. The number of hydrogen-bond acceptors (Lipinski definition) is 5. The fraction of sp³-hybridized carbons (Fsp3) is 0.800. The molecule has 1 rings (SSSR count). The van der Waals surface area contributed by atoms with Gasteiger partial charge in [0.05, 0.1) is 11.5 Å². The van der Waals surface area contributed by atoms with Crippen LogP contribution in [0.15, 0.2) is 0 Å². The summed E-state index contributed by atoms with van der Waals surface area (Å²) in [7, 11) is -2.80. The van der Waals surface area contributed by atoms with Crippen LogP contribution in [-0.4, -0.2) is 43.6 Å². The second-order valence-electron chi connectivity index (χ2n) is 2.28. The summed E-state index contributed by atoms with van der Waals surface area (Å²) in [6, 6.07) is 0. The molecule has 0 spiro atoms. The van der Waals surface area contributed by atoms with Gasteiger partial charge in [0.2, 0.25) is 0 Å². The van der Waals surface area contributed by atoms with E-state index in [0.717, 1.165) is 5.55 Å². The van der Waals surface area contributed by atoms with Crippen LogP contribution >= 0.6 is 12.2 Å². The summed E-state index contributed by atoms with van der Waals surface area (Å²) in [4.78, 5) is 4.83. The Morgan fingerprint density at radius 1 is 1.36 bits per heavy atom. The van der Waals surface area contributed by atoms with Crippen molar-refractivity contribution in [3.63, 3.8) is 0 Å². The van der Waals surface area contributed by atoms with Gasteiger partial charge < -0.3 is 4.84 Å². The zero-order valence-corrected chi connectivity index (χ0v) is 7.53. The highest BCUT2D eigenvalue weighted by Gasteiger charge is 2.21. The van der Waals surface area contributed by atoms with Crippen molar-refractivity contribution in [2.24, 2.45) is 0 Å². The molecule has 0 aromatic rings. The molecular weight excluding hydrogens is 186 g/mol. The van der Waals surface area contributed by atoms with Gasteiger partial charge >= 0.3 is 0 Å². The highest BCUT2D eigenvalue weighted by atomic mass is 32.2. The third-order valence-corrected chi connectivity index (χ3v) is 3.19. The van der Waals surface area contributed by atoms with E-state index in [9.17, 15) is 8.42 Å². The molecule has 0 aromatic carbocycles. The number of rotatable bonds is 2. The minimum atomic E-state index is -2.80. The Hall–Kier alpha value is -0.200. The van der Waals surface area contributed by atoms with E-state index in [1.165, 1.54) is 0 Å². The van der Waals surface area contributed by atoms with Gasteiger partial charge in [-0.2, -0.15) is 0 Å². The molecule has 0 unspecified atom stereocenters. The number of thiocarbonyl (C=S) groups is 1. The van der Waals surface area contributed by atoms with Crippen molar-refractivity contribution >= 4 is 27.6 Å². The van der Waals surface area contributed by atoms with Crippen molar-refractivity contribution in [3.05, 3.63) is 0 Å². The summed E-state index contributed by atoms with van der Waals surface area (Å²) < 4.78 is 21.8. The van der Waals surface area contributed by atoms with Crippen molar-refractivity contribution in [2.45, 2.75) is 0 Å². The quantitative estimate of drug-likeness (QED) is 0.561. The first-order chi connectivity index (χ1) is 5.14. The molecule has 64 valence electrons. The molecule has 1 heterocycles. The molecule has 0 saturated carbocycles. The molecule has 6 heteroatoms. The normalized spacial score (nSPS) is 24.4. The molecule has 1 aliphatic heterocycles. The molecule has 1 saturated heterocycles. The molecule has 0 N–H and O–H groups in total. The fourth-order valence-electron chi connectivity index (χ4n) is 0.862. The van der Waals surface area contributed by atoms with Gasteiger partial charge in [0.1, 0.15) is 0 Å². The Morgan fingerprint density at radius 3 is 2.36 bits per heavy atom. The molecule has 1 aliphatic rings. The van der Waals surface area contributed by atoms with Crippen LogP contribution in [-0.2, 0) is 14.7 Å². The van der Waals surface area contributed by atoms with Crippen LogP contribution in [0.1, 0.15) is 0 Å². The minimum absolute atomic E-state index is 0.163. The van der Waals surface area contributed by atoms with Gasteiger partial charge in [-0.05, 0) is 12.2 Å². The SMILES string of the molecule is O=S1(=O)CCN(OC=S)CC1. The van der Waals surface area contributed by atoms with Gasteiger partial charge in [-0.15, -0.1) is 5.06 Å². The predicted molar refractivity (Wildman–Crippen MR) is 45.0 cm³/mol. The smallest absolute Gasteiger partial charge is 0.174 e. The number of nitrogens with zero attached hydrogens (tertiary/aromatic N) is 1. The molecule has 0 amide bonds. The number of hydroxylamine groups is 2. The van der Waals surface area contributed by atoms with Crippen molar-refractivity contribution in [1.29, 1.82) is 0 Å². The van der Waals surface area contributed by atoms with E-state index in [1.54, 1.807) is 5.06 Å². The Kier molecular flexibility index (Phi) is 2.80. The fourth-order valence-corrected chi connectivity index (χ4v) is 2.15. The molecule has 11 heavy (non-hydrogen) atoms. The molecule has 0 radical (unpaired) electrons. The molecule has 4 nitrogen and oxygen atoms in total. The Labute approximate surface area is 71.0 Å². The van der Waals surface area contributed by atoms with Crippen LogP contribution in [0.4, 0.5) is 0 Å². The standard InChI is InChI=1S/C5H9NO3S2/c7-11(8)3-1-6(2-4-11)9-5-10/h5H,1-4H2. The van der Waals surface area contributed by atoms with Crippen LogP contribution in [0.25, 0.3) is 0 Å². The van der Waals surface area contributed by atoms with E-state index >= 15 is 0 Å². The first kappa shape index (κ1) is 8.89. The van der Waals surface area contributed by atoms with E-state index in [4.69, 9.17) is 4.84 Å². The Balaban J connectivity index is 2.42. The van der Waals surface area contributed by atoms with Crippen LogP contribution in [0.2, 0.25) is 0 Å². The lowest BCUT2D eigenvalue weighted by molar-refractivity contribution is -0.0547. The van der Waals surface area contributed by atoms with E-state index in [2.05, 4.69) is 12.2 Å². The van der Waals surface area contributed by atoms with Gasteiger partial charge in [0.15, 0.2) is 15.4 Å². The van der Waals surface area contributed by atoms with E-state index in [1.807, 2.05) is 0 Å². The molecule has 0 aromatic heterocycles. The zero-order valence-electron chi connectivity index (χ0n) is 5.89. The largest absolute Gasteiger partial charge is 0.402 e. The van der Waals surface area contributed by atoms with Gasteiger partial charge in [-0.3, -0.25) is 0 Å². The molecular formula is C5H9NO3S2. The highest BCUT2D eigenvalue weighted by molar-refractivity contribution is 7.91. The first-order valence-corrected chi connectivity index (χ1v) is 5.49. The summed E-state index contributed by atoms with van der Waals surface area (Å²) >= 11 is 4.45. The maximum Gasteiger partial charge on any atom is 0.174 e. The lowest BCUT2D eigenvalue weighted by Crippen LogP contribution is -2.39. The predicted octanol–water partition coefficient (Wildman–Crippen LogP) is -0.394. The van der Waals surface area contributed by atoms with Gasteiger partial charge in [0, 0.05) is 13.1 Å². The molecule has 0 bridgehead atoms. The van der Waals surface area contributed by atoms with Crippen molar-refractivity contribution in [2.75, 3.05) is 24.6 Å². The third kappa shape index (κ3) is 2.72. The summed E-state index contributed by atoms with van der Waals surface area (Å²) in [6.45, 7) is 0.824. The zero-order chi connectivity index (χ0) is 8.32. The monoisotopic (exact) mass is 195 g/mol. The van der Waals surface area contributed by atoms with Crippen molar-refractivity contribution in [1.82, 2.24) is 5.06 Å². The molecule has 1 fully saturated rings. The number of hydrogen-bond donors (Lipinski definition) is 0. The summed E-state index contributed by atoms with van der Waals surface area (Å²) in [5.74, 6) is 0.326. The second-order valence-corrected chi connectivity index (χ2v) is 4.78. The lowest BCUT2D eigenvalue weighted by atomic mass is 10.6. The topological polar surface area (TPSA) is 46.6 Å². The molecule has 0 atom stereocenters. The van der Waals surface area contributed by atoms with Crippen LogP contribution in [0.3, 0.4) is 0 Å². The summed E-state index contributed by atoms with van der Waals surface area (Å²) in [6.07, 6.45) is 0. The maximum atomic E-state index is 10.9. The average Bonchev–Trinajstić information content (AvgIpc) is 1.94. The summed E-state index contributed by atoms with van der Waals surface area (Å²) in [5, 5.41) is 1.55. The van der Waals surface area contributed by atoms with E-state index in [-0.39, 0.29) is 11.5 Å². The molecule has 0 aliphatic carbocycles. The van der Waals surface area contributed by atoms with Gasteiger partial charge in [0.25, 0.3) is 0 Å². The lowest BCUT2D eigenvalue weighted by Gasteiger charge is -2.23. The van der Waals surface area contributed by atoms with Crippen LogP contribution in [0.5, 0.6) is 0 Å². The third-order valence-electron chi connectivity index (χ3n) is 1.50. The minimum Gasteiger partial charge on any atom is -0.402 e. The van der Waals surface area contributed by atoms with Gasteiger partial charge in [-0.1, -0.05) is 0 Å². The highest BCUT2D eigenvalue weighted by Crippen LogP contribution is 2.02. The van der Waals surface area contributed by atoms with Gasteiger partial charge in [-0.25, -0.2) is 8.42 Å². The summed E-state index contributed by atoms with van der Waals surface area (Å²) in [5.41, 5.74) is 1.14. The van der Waals surface area contributed by atoms with E-state index < -0.39 is 9.84 Å². The van der Waals surface area contributed by atoms with E-state index in [0.29, 0.717) is 13.1 Å². The van der Waals surface area contributed by atoms with Crippen LogP contribution in [0, 0.1) is 0 Å². The maximum absolute atomic E-state index is 10.9. The van der Waals surface area contributed by atoms with Crippen molar-refractivity contribution in [3.8, 4) is 0 Å². The Morgan fingerprint density at radius 2 is 1.91 bits per heavy atom. The number of sulfone groups is 1. The Bertz CT molecular complexity index is 222. The second kappa shape index (κ2) is 3.46. The van der Waals surface area contributed by atoms with Crippen LogP contribution < -0.4 is 0 Å².